The highest BCUT2D eigenvalue weighted by molar-refractivity contribution is 5.90. The molecular weight excluding hydrogens is 276 g/mol. The first-order valence-electron chi connectivity index (χ1n) is 7.13. The van der Waals surface area contributed by atoms with Crippen LogP contribution in [0.5, 0.6) is 0 Å². The van der Waals surface area contributed by atoms with Crippen molar-refractivity contribution < 1.29 is 9.59 Å². The maximum Gasteiger partial charge on any atom is 0.221 e. The topological polar surface area (TPSA) is 58.2 Å². The number of anilines is 2. The molecule has 22 heavy (non-hydrogen) atoms. The van der Waals surface area contributed by atoms with Crippen molar-refractivity contribution in [3.8, 4) is 11.1 Å². The number of carbonyl (C=O) groups is 2. The van der Waals surface area contributed by atoms with Crippen molar-refractivity contribution >= 4 is 23.2 Å². The molecule has 0 saturated heterocycles. The molecule has 0 aromatic heterocycles. The predicted molar refractivity (Wildman–Crippen MR) is 90.0 cm³/mol. The van der Waals surface area contributed by atoms with Crippen molar-refractivity contribution in [1.82, 2.24) is 0 Å². The number of hydrogen-bond acceptors (Lipinski definition) is 2. The van der Waals surface area contributed by atoms with E-state index >= 15 is 0 Å². The minimum Gasteiger partial charge on any atom is -0.326 e. The number of amides is 2. The smallest absolute Gasteiger partial charge is 0.221 e. The van der Waals surface area contributed by atoms with Gasteiger partial charge in [0.25, 0.3) is 0 Å². The zero-order valence-corrected chi connectivity index (χ0v) is 13.3. The van der Waals surface area contributed by atoms with Gasteiger partial charge in [-0.15, -0.1) is 0 Å². The van der Waals surface area contributed by atoms with E-state index in [0.29, 0.717) is 0 Å². The Hall–Kier alpha value is -2.62. The van der Waals surface area contributed by atoms with Gasteiger partial charge in [-0.1, -0.05) is 12.1 Å². The van der Waals surface area contributed by atoms with E-state index in [9.17, 15) is 9.59 Å². The average molecular weight is 296 g/mol. The van der Waals surface area contributed by atoms with Crippen LogP contribution in [0.1, 0.15) is 25.0 Å². The standard InChI is InChI=1S/C18H20N2O2/c1-11-9-15(19-13(3)21)5-7-17(11)18-8-6-16(10-12(18)2)20-14(4)22/h5-10H,1-4H3,(H,19,21)(H,20,22). The molecule has 114 valence electrons. The monoisotopic (exact) mass is 296 g/mol. The van der Waals surface area contributed by atoms with Gasteiger partial charge in [0, 0.05) is 25.2 Å². The third-order valence-corrected chi connectivity index (χ3v) is 3.38. The lowest BCUT2D eigenvalue weighted by Crippen LogP contribution is -2.06. The lowest BCUT2D eigenvalue weighted by atomic mass is 9.96. The van der Waals surface area contributed by atoms with Gasteiger partial charge in [-0.05, 0) is 60.4 Å². The Morgan fingerprint density at radius 1 is 0.727 bits per heavy atom. The van der Waals surface area contributed by atoms with Crippen molar-refractivity contribution in [2.24, 2.45) is 0 Å². The minimum absolute atomic E-state index is 0.0806. The molecule has 0 atom stereocenters. The fourth-order valence-electron chi connectivity index (χ4n) is 2.49. The third kappa shape index (κ3) is 3.73. The van der Waals surface area contributed by atoms with E-state index in [1.165, 1.54) is 13.8 Å². The summed E-state index contributed by atoms with van der Waals surface area (Å²) in [5, 5.41) is 5.57. The molecule has 0 heterocycles. The number of aryl methyl sites for hydroxylation is 2. The summed E-state index contributed by atoms with van der Waals surface area (Å²) in [6.45, 7) is 7.02. The van der Waals surface area contributed by atoms with Crippen molar-refractivity contribution in [3.05, 3.63) is 47.5 Å². The first-order chi connectivity index (χ1) is 10.4. The Morgan fingerprint density at radius 2 is 1.09 bits per heavy atom. The van der Waals surface area contributed by atoms with Gasteiger partial charge in [0.2, 0.25) is 11.8 Å². The first-order valence-corrected chi connectivity index (χ1v) is 7.13. The van der Waals surface area contributed by atoms with E-state index in [0.717, 1.165) is 33.6 Å². The second kappa shape index (κ2) is 6.43. The fraction of sp³-hybridized carbons (Fsp3) is 0.222. The Balaban J connectivity index is 2.35. The van der Waals surface area contributed by atoms with E-state index in [1.807, 2.05) is 50.2 Å². The molecular formula is C18H20N2O2. The molecule has 4 nitrogen and oxygen atoms in total. The number of benzene rings is 2. The van der Waals surface area contributed by atoms with Crippen molar-refractivity contribution in [1.29, 1.82) is 0 Å². The number of nitrogens with one attached hydrogen (secondary N) is 2. The molecule has 0 aliphatic rings. The zero-order valence-electron chi connectivity index (χ0n) is 13.3. The van der Waals surface area contributed by atoms with E-state index in [-0.39, 0.29) is 11.8 Å². The molecule has 0 fully saturated rings. The van der Waals surface area contributed by atoms with Gasteiger partial charge in [-0.2, -0.15) is 0 Å². The predicted octanol–water partition coefficient (Wildman–Crippen LogP) is 3.89. The summed E-state index contributed by atoms with van der Waals surface area (Å²) in [6, 6.07) is 11.7. The molecule has 0 spiro atoms. The molecule has 0 aliphatic heterocycles. The third-order valence-electron chi connectivity index (χ3n) is 3.38. The van der Waals surface area contributed by atoms with Gasteiger partial charge in [-0.3, -0.25) is 9.59 Å². The molecule has 4 heteroatoms. The van der Waals surface area contributed by atoms with Crippen LogP contribution < -0.4 is 10.6 Å². The largest absolute Gasteiger partial charge is 0.326 e. The van der Waals surface area contributed by atoms with E-state index in [1.54, 1.807) is 0 Å². The van der Waals surface area contributed by atoms with Gasteiger partial charge in [-0.25, -0.2) is 0 Å². The molecule has 0 unspecified atom stereocenters. The maximum absolute atomic E-state index is 11.1. The second-order valence-electron chi connectivity index (χ2n) is 5.42. The summed E-state index contributed by atoms with van der Waals surface area (Å²) in [6.07, 6.45) is 0. The van der Waals surface area contributed by atoms with Crippen LogP contribution in [0.2, 0.25) is 0 Å². The highest BCUT2D eigenvalue weighted by atomic mass is 16.2. The van der Waals surface area contributed by atoms with Crippen LogP contribution in [0, 0.1) is 13.8 Å². The fourth-order valence-corrected chi connectivity index (χ4v) is 2.49. The Kier molecular flexibility index (Phi) is 4.61. The SMILES string of the molecule is CC(=O)Nc1ccc(-c2ccc(NC(C)=O)cc2C)c(C)c1. The van der Waals surface area contributed by atoms with Crippen molar-refractivity contribution in [2.45, 2.75) is 27.7 Å². The lowest BCUT2D eigenvalue weighted by Gasteiger charge is -2.13. The zero-order chi connectivity index (χ0) is 16.3. The Labute approximate surface area is 130 Å². The molecule has 0 radical (unpaired) electrons. The second-order valence-corrected chi connectivity index (χ2v) is 5.42. The molecule has 0 bridgehead atoms. The van der Waals surface area contributed by atoms with Gasteiger partial charge in [0.1, 0.15) is 0 Å². The summed E-state index contributed by atoms with van der Waals surface area (Å²) >= 11 is 0. The summed E-state index contributed by atoms with van der Waals surface area (Å²) in [5.41, 5.74) is 5.98. The quantitative estimate of drug-likeness (QED) is 0.902. The molecule has 2 amide bonds. The van der Waals surface area contributed by atoms with Crippen molar-refractivity contribution in [2.75, 3.05) is 10.6 Å². The van der Waals surface area contributed by atoms with Crippen LogP contribution in [0.25, 0.3) is 11.1 Å². The van der Waals surface area contributed by atoms with E-state index in [2.05, 4.69) is 10.6 Å². The molecule has 0 saturated carbocycles. The molecule has 0 aliphatic carbocycles. The molecule has 2 N–H and O–H groups in total. The van der Waals surface area contributed by atoms with Gasteiger partial charge < -0.3 is 10.6 Å². The number of carbonyl (C=O) groups excluding carboxylic acids is 2. The summed E-state index contributed by atoms with van der Waals surface area (Å²) in [4.78, 5) is 22.2. The van der Waals surface area contributed by atoms with Crippen LogP contribution in [-0.4, -0.2) is 11.8 Å². The minimum atomic E-state index is -0.0806. The van der Waals surface area contributed by atoms with Crippen LogP contribution in [0.15, 0.2) is 36.4 Å². The highest BCUT2D eigenvalue weighted by Crippen LogP contribution is 2.30. The molecule has 2 aromatic rings. The van der Waals surface area contributed by atoms with Gasteiger partial charge in [0.05, 0.1) is 0 Å². The van der Waals surface area contributed by atoms with E-state index in [4.69, 9.17) is 0 Å². The Bertz CT molecular complexity index is 672. The molecule has 2 aromatic carbocycles. The van der Waals surface area contributed by atoms with Gasteiger partial charge in [0.15, 0.2) is 0 Å². The summed E-state index contributed by atoms with van der Waals surface area (Å²) in [7, 11) is 0. The average Bonchev–Trinajstić information content (AvgIpc) is 2.38. The van der Waals surface area contributed by atoms with Crippen LogP contribution >= 0.6 is 0 Å². The normalized spacial score (nSPS) is 10.2. The van der Waals surface area contributed by atoms with Crippen LogP contribution in [0.4, 0.5) is 11.4 Å². The highest BCUT2D eigenvalue weighted by Gasteiger charge is 2.08. The lowest BCUT2D eigenvalue weighted by molar-refractivity contribution is -0.115. The van der Waals surface area contributed by atoms with Crippen molar-refractivity contribution in [3.63, 3.8) is 0 Å². The number of hydrogen-bond donors (Lipinski definition) is 2. The maximum atomic E-state index is 11.1. The first kappa shape index (κ1) is 15.8. The van der Waals surface area contributed by atoms with Gasteiger partial charge >= 0.3 is 0 Å². The van der Waals surface area contributed by atoms with Crippen LogP contribution in [0.3, 0.4) is 0 Å². The summed E-state index contributed by atoms with van der Waals surface area (Å²) < 4.78 is 0. The summed E-state index contributed by atoms with van der Waals surface area (Å²) in [5.74, 6) is -0.161. The van der Waals surface area contributed by atoms with Crippen LogP contribution in [-0.2, 0) is 9.59 Å². The van der Waals surface area contributed by atoms with E-state index < -0.39 is 0 Å². The Morgan fingerprint density at radius 3 is 1.36 bits per heavy atom. The number of rotatable bonds is 3. The molecule has 2 rings (SSSR count).